The third-order valence-electron chi connectivity index (χ3n) is 3.75. The van der Waals surface area contributed by atoms with Crippen LogP contribution in [0, 0.1) is 0 Å². The SMILES string of the molecule is Nc1cc(C(=O)N2CCC3(CC2)NC(=O)NC3=O)[nH]n1. The average Bonchev–Trinajstić information content (AvgIpc) is 2.95. The Morgan fingerprint density at radius 3 is 2.55 bits per heavy atom. The summed E-state index contributed by atoms with van der Waals surface area (Å²) in [7, 11) is 0. The van der Waals surface area contributed by atoms with Gasteiger partial charge in [-0.3, -0.25) is 20.0 Å². The van der Waals surface area contributed by atoms with Gasteiger partial charge in [0.2, 0.25) is 0 Å². The fraction of sp³-hybridized carbons (Fsp3) is 0.455. The maximum Gasteiger partial charge on any atom is 0.322 e. The number of aromatic nitrogens is 2. The second-order valence-electron chi connectivity index (χ2n) is 4.99. The van der Waals surface area contributed by atoms with Gasteiger partial charge >= 0.3 is 6.03 Å². The van der Waals surface area contributed by atoms with Gasteiger partial charge in [-0.1, -0.05) is 0 Å². The molecule has 0 aromatic carbocycles. The number of imide groups is 1. The number of urea groups is 1. The summed E-state index contributed by atoms with van der Waals surface area (Å²) in [5.74, 6) is -0.279. The van der Waals surface area contributed by atoms with Crippen molar-refractivity contribution in [1.82, 2.24) is 25.7 Å². The molecule has 1 aromatic heterocycles. The molecule has 5 N–H and O–H groups in total. The Labute approximate surface area is 113 Å². The number of nitrogens with zero attached hydrogens (tertiary/aromatic N) is 2. The molecule has 106 valence electrons. The Hall–Kier alpha value is -2.58. The normalized spacial score (nSPS) is 20.9. The molecule has 3 heterocycles. The number of anilines is 1. The van der Waals surface area contributed by atoms with Gasteiger partial charge in [0.25, 0.3) is 11.8 Å². The van der Waals surface area contributed by atoms with E-state index in [0.717, 1.165) is 0 Å². The lowest BCUT2D eigenvalue weighted by molar-refractivity contribution is -0.125. The second-order valence-corrected chi connectivity index (χ2v) is 4.99. The summed E-state index contributed by atoms with van der Waals surface area (Å²) in [5.41, 5.74) is 4.90. The van der Waals surface area contributed by atoms with Gasteiger partial charge in [-0.05, 0) is 12.8 Å². The fourth-order valence-corrected chi connectivity index (χ4v) is 2.59. The minimum absolute atomic E-state index is 0.214. The quantitative estimate of drug-likeness (QED) is 0.479. The van der Waals surface area contributed by atoms with Crippen LogP contribution in [0.5, 0.6) is 0 Å². The molecule has 1 spiro atoms. The Morgan fingerprint density at radius 2 is 2.05 bits per heavy atom. The second kappa shape index (κ2) is 4.22. The third-order valence-corrected chi connectivity index (χ3v) is 3.75. The summed E-state index contributed by atoms with van der Waals surface area (Å²) in [5, 5.41) is 11.1. The van der Waals surface area contributed by atoms with Crippen LogP contribution in [0.2, 0.25) is 0 Å². The van der Waals surface area contributed by atoms with Crippen molar-refractivity contribution >= 4 is 23.7 Å². The maximum atomic E-state index is 12.2. The van der Waals surface area contributed by atoms with Crippen LogP contribution in [-0.4, -0.2) is 51.6 Å². The van der Waals surface area contributed by atoms with E-state index in [1.54, 1.807) is 4.90 Å². The molecule has 0 unspecified atom stereocenters. The van der Waals surface area contributed by atoms with Crippen LogP contribution in [0.1, 0.15) is 23.3 Å². The lowest BCUT2D eigenvalue weighted by Gasteiger charge is -2.36. The van der Waals surface area contributed by atoms with Crippen LogP contribution >= 0.6 is 0 Å². The first-order chi connectivity index (χ1) is 9.50. The molecule has 9 nitrogen and oxygen atoms in total. The molecule has 20 heavy (non-hydrogen) atoms. The van der Waals surface area contributed by atoms with Crippen LogP contribution in [0.15, 0.2) is 6.07 Å². The molecule has 2 saturated heterocycles. The Balaban J connectivity index is 1.68. The first-order valence-corrected chi connectivity index (χ1v) is 6.24. The van der Waals surface area contributed by atoms with Crippen molar-refractivity contribution in [1.29, 1.82) is 0 Å². The molecule has 2 aliphatic heterocycles. The number of hydrogen-bond donors (Lipinski definition) is 4. The van der Waals surface area contributed by atoms with Gasteiger partial charge < -0.3 is 16.0 Å². The van der Waals surface area contributed by atoms with Crippen LogP contribution < -0.4 is 16.4 Å². The number of H-pyrrole nitrogens is 1. The predicted octanol–water partition coefficient (Wildman–Crippen LogP) is -1.19. The molecular formula is C11H14N6O3. The first kappa shape index (κ1) is 12.5. The number of nitrogens with one attached hydrogen (secondary N) is 3. The number of carbonyl (C=O) groups is 3. The molecule has 1 aromatic rings. The Bertz CT molecular complexity index is 587. The van der Waals surface area contributed by atoms with Crippen molar-refractivity contribution in [3.05, 3.63) is 11.8 Å². The van der Waals surface area contributed by atoms with E-state index in [1.165, 1.54) is 6.07 Å². The molecular weight excluding hydrogens is 264 g/mol. The monoisotopic (exact) mass is 278 g/mol. The standard InChI is InChI=1S/C11H14N6O3/c12-7-5-6(15-16-7)8(18)17-3-1-11(2-4-17)9(19)13-10(20)14-11/h5H,1-4H2,(H3,12,15,16)(H2,13,14,19,20). The van der Waals surface area contributed by atoms with E-state index in [1.807, 2.05) is 0 Å². The fourth-order valence-electron chi connectivity index (χ4n) is 2.59. The largest absolute Gasteiger partial charge is 0.382 e. The highest BCUT2D eigenvalue weighted by molar-refractivity contribution is 6.07. The van der Waals surface area contributed by atoms with E-state index >= 15 is 0 Å². The van der Waals surface area contributed by atoms with Crippen molar-refractivity contribution in [2.24, 2.45) is 0 Å². The van der Waals surface area contributed by atoms with Crippen LogP contribution in [0.3, 0.4) is 0 Å². The van der Waals surface area contributed by atoms with E-state index in [0.29, 0.717) is 31.6 Å². The van der Waals surface area contributed by atoms with Crippen molar-refractivity contribution in [2.75, 3.05) is 18.8 Å². The summed E-state index contributed by atoms with van der Waals surface area (Å²) >= 11 is 0. The van der Waals surface area contributed by atoms with Gasteiger partial charge in [0.15, 0.2) is 0 Å². The van der Waals surface area contributed by atoms with Crippen molar-refractivity contribution in [3.8, 4) is 0 Å². The molecule has 9 heteroatoms. The van der Waals surface area contributed by atoms with Crippen LogP contribution in [0.4, 0.5) is 10.6 Å². The number of amides is 4. The lowest BCUT2D eigenvalue weighted by Crippen LogP contribution is -2.55. The van der Waals surface area contributed by atoms with Gasteiger partial charge in [-0.2, -0.15) is 5.10 Å². The zero-order valence-corrected chi connectivity index (χ0v) is 10.6. The molecule has 0 atom stereocenters. The minimum Gasteiger partial charge on any atom is -0.382 e. The number of rotatable bonds is 1. The molecule has 0 radical (unpaired) electrons. The molecule has 0 aliphatic carbocycles. The summed E-state index contributed by atoms with van der Waals surface area (Å²) < 4.78 is 0. The van der Waals surface area contributed by atoms with E-state index < -0.39 is 11.6 Å². The number of aromatic amines is 1. The number of carbonyl (C=O) groups excluding carboxylic acids is 3. The van der Waals surface area contributed by atoms with Gasteiger partial charge in [0, 0.05) is 19.2 Å². The topological polar surface area (TPSA) is 133 Å². The highest BCUT2D eigenvalue weighted by Crippen LogP contribution is 2.26. The Morgan fingerprint density at radius 1 is 1.35 bits per heavy atom. The van der Waals surface area contributed by atoms with Crippen molar-refractivity contribution < 1.29 is 14.4 Å². The molecule has 0 bridgehead atoms. The number of piperidine rings is 1. The minimum atomic E-state index is -0.874. The van der Waals surface area contributed by atoms with Gasteiger partial charge in [-0.15, -0.1) is 0 Å². The average molecular weight is 278 g/mol. The first-order valence-electron chi connectivity index (χ1n) is 6.24. The lowest BCUT2D eigenvalue weighted by atomic mass is 9.87. The number of nitrogen functional groups attached to an aromatic ring is 1. The number of likely N-dealkylation sites (tertiary alicyclic amines) is 1. The summed E-state index contributed by atoms with van der Waals surface area (Å²) in [6.07, 6.45) is 0.778. The maximum absolute atomic E-state index is 12.2. The van der Waals surface area contributed by atoms with Crippen molar-refractivity contribution in [3.63, 3.8) is 0 Å². The van der Waals surface area contributed by atoms with Crippen molar-refractivity contribution in [2.45, 2.75) is 18.4 Å². The summed E-state index contributed by atoms with van der Waals surface area (Å²) in [4.78, 5) is 36.8. The zero-order valence-electron chi connectivity index (χ0n) is 10.6. The van der Waals surface area contributed by atoms with Gasteiger partial charge in [-0.25, -0.2) is 4.79 Å². The molecule has 2 fully saturated rings. The highest BCUT2D eigenvalue weighted by Gasteiger charge is 2.48. The number of nitrogens with two attached hydrogens (primary N) is 1. The van der Waals surface area contributed by atoms with E-state index in [4.69, 9.17) is 5.73 Å². The number of hydrogen-bond acceptors (Lipinski definition) is 5. The highest BCUT2D eigenvalue weighted by atomic mass is 16.2. The predicted molar refractivity (Wildman–Crippen MR) is 67.5 cm³/mol. The van der Waals surface area contributed by atoms with Crippen LogP contribution in [0.25, 0.3) is 0 Å². The van der Waals surface area contributed by atoms with Gasteiger partial charge in [0.1, 0.15) is 17.1 Å². The van der Waals surface area contributed by atoms with E-state index in [9.17, 15) is 14.4 Å². The van der Waals surface area contributed by atoms with Gasteiger partial charge in [0.05, 0.1) is 0 Å². The summed E-state index contributed by atoms with van der Waals surface area (Å²) in [6, 6.07) is 0.993. The van der Waals surface area contributed by atoms with E-state index in [-0.39, 0.29) is 17.6 Å². The zero-order chi connectivity index (χ0) is 14.3. The Kier molecular flexibility index (Phi) is 2.63. The molecule has 3 rings (SSSR count). The molecule has 2 aliphatic rings. The third kappa shape index (κ3) is 1.87. The summed E-state index contributed by atoms with van der Waals surface area (Å²) in [6.45, 7) is 0.761. The van der Waals surface area contributed by atoms with Crippen LogP contribution in [-0.2, 0) is 4.79 Å². The smallest absolute Gasteiger partial charge is 0.322 e. The van der Waals surface area contributed by atoms with E-state index in [2.05, 4.69) is 20.8 Å². The molecule has 0 saturated carbocycles. The molecule has 4 amide bonds.